The molecule has 0 saturated carbocycles. The molecule has 0 aromatic heterocycles. The van der Waals surface area contributed by atoms with E-state index in [-0.39, 0.29) is 4.90 Å². The summed E-state index contributed by atoms with van der Waals surface area (Å²) in [5.41, 5.74) is 6.79. The van der Waals surface area contributed by atoms with Gasteiger partial charge in [0.05, 0.1) is 0 Å². The molecule has 0 amide bonds. The van der Waals surface area contributed by atoms with Crippen LogP contribution in [0.2, 0.25) is 0 Å². The molecule has 3 nitrogen and oxygen atoms in total. The van der Waals surface area contributed by atoms with E-state index in [1.807, 2.05) is 0 Å². The molecule has 14 heavy (non-hydrogen) atoms. The Hall–Kier alpha value is 0.570. The third-order valence-electron chi connectivity index (χ3n) is 1.52. The van der Waals surface area contributed by atoms with Crippen LogP contribution in [0.1, 0.15) is 5.56 Å². The summed E-state index contributed by atoms with van der Waals surface area (Å²) >= 11 is 7.57. The van der Waals surface area contributed by atoms with Crippen molar-refractivity contribution in [2.45, 2.75) is 7.04 Å². The summed E-state index contributed by atoms with van der Waals surface area (Å²) in [6, 6.07) is 4.47. The minimum absolute atomic E-state index is 0.192. The van der Waals surface area contributed by atoms with Gasteiger partial charge in [0, 0.05) is 16.1 Å². The maximum atomic E-state index is 10.7. The Morgan fingerprint density at radius 2 is 1.93 bits per heavy atom. The second-order valence-electron chi connectivity index (χ2n) is 2.48. The molecule has 0 radical (unpaired) electrons. The first-order valence-corrected chi connectivity index (χ1v) is 6.84. The van der Waals surface area contributed by atoms with Crippen molar-refractivity contribution in [3.63, 3.8) is 0 Å². The number of hydrogen-bond acceptors (Lipinski definition) is 3. The minimum Gasteiger partial charge on any atom is -0.768 e. The molecule has 0 saturated heterocycles. The lowest BCUT2D eigenvalue weighted by atomic mass is 10.2. The fourth-order valence-corrected chi connectivity index (χ4v) is 2.31. The summed E-state index contributed by atoms with van der Waals surface area (Å²) in [5.74, 6) is 0. The molecule has 1 aromatic carbocycles. The number of hydrogen-bond donors (Lipinski definition) is 1. The van der Waals surface area contributed by atoms with Crippen LogP contribution in [0.25, 0.3) is 0 Å². The van der Waals surface area contributed by atoms with Gasteiger partial charge in [0.25, 0.3) is 0 Å². The number of nitrogen functional groups attached to an aromatic ring is 1. The first-order chi connectivity index (χ1) is 6.32. The summed E-state index contributed by atoms with van der Waals surface area (Å²) in [6.07, 6.45) is 0. The highest BCUT2D eigenvalue weighted by Crippen LogP contribution is 2.46. The van der Waals surface area contributed by atoms with Gasteiger partial charge in [0.15, 0.2) is 2.14 Å². The number of benzene rings is 1. The molecule has 2 N–H and O–H groups in total. The van der Waals surface area contributed by atoms with E-state index < -0.39 is 13.2 Å². The molecule has 0 aliphatic heterocycles. The number of rotatable bonds is 1. The zero-order valence-corrected chi connectivity index (χ0v) is 12.2. The Balaban J connectivity index is 3.29. The summed E-state index contributed by atoms with van der Waals surface area (Å²) < 4.78 is 20.7. The smallest absolute Gasteiger partial charge is 0.161 e. The number of halogens is 3. The highest BCUT2D eigenvalue weighted by molar-refractivity contribution is 9.38. The maximum Gasteiger partial charge on any atom is 0.161 e. The molecule has 0 aliphatic rings. The molecular formula is C7H5Br3NO2S-. The molecule has 0 spiro atoms. The van der Waals surface area contributed by atoms with Gasteiger partial charge in [-0.25, -0.2) is 0 Å². The summed E-state index contributed by atoms with van der Waals surface area (Å²) in [5, 5.41) is 0. The van der Waals surface area contributed by atoms with Crippen LogP contribution in [-0.4, -0.2) is 8.76 Å². The first kappa shape index (κ1) is 12.6. The van der Waals surface area contributed by atoms with Gasteiger partial charge in [0.1, 0.15) is 0 Å². The topological polar surface area (TPSA) is 66.2 Å². The molecule has 0 fully saturated rings. The Kier molecular flexibility index (Phi) is 4.16. The van der Waals surface area contributed by atoms with E-state index in [1.54, 1.807) is 6.07 Å². The zero-order chi connectivity index (χ0) is 10.9. The van der Waals surface area contributed by atoms with Crippen LogP contribution in [0.15, 0.2) is 23.1 Å². The normalized spacial score (nSPS) is 14.0. The third-order valence-corrected chi connectivity index (χ3v) is 3.44. The van der Waals surface area contributed by atoms with Crippen molar-refractivity contribution in [2.24, 2.45) is 0 Å². The van der Waals surface area contributed by atoms with Crippen LogP contribution in [0, 0.1) is 0 Å². The summed E-state index contributed by atoms with van der Waals surface area (Å²) in [7, 11) is 0. The fourth-order valence-electron chi connectivity index (χ4n) is 0.885. The molecule has 1 unspecified atom stereocenters. The van der Waals surface area contributed by atoms with Crippen molar-refractivity contribution < 1.29 is 8.76 Å². The van der Waals surface area contributed by atoms with Gasteiger partial charge in [-0.1, -0.05) is 47.8 Å². The minimum atomic E-state index is -2.25. The van der Waals surface area contributed by atoms with Gasteiger partial charge in [0.2, 0.25) is 0 Å². The number of nitrogens with two attached hydrogens (primary N) is 1. The quantitative estimate of drug-likeness (QED) is 0.443. The lowest BCUT2D eigenvalue weighted by molar-refractivity contribution is 0.537. The Labute approximate surface area is 109 Å². The lowest BCUT2D eigenvalue weighted by Gasteiger charge is -2.17. The number of anilines is 1. The van der Waals surface area contributed by atoms with Gasteiger partial charge in [-0.05, 0) is 29.3 Å². The van der Waals surface area contributed by atoms with Crippen LogP contribution in [0.5, 0.6) is 0 Å². The second-order valence-corrected chi connectivity index (χ2v) is 10.2. The fraction of sp³-hybridized carbons (Fsp3) is 0.143. The van der Waals surface area contributed by atoms with Crippen molar-refractivity contribution >= 4 is 64.6 Å². The van der Waals surface area contributed by atoms with E-state index in [1.165, 1.54) is 12.1 Å². The van der Waals surface area contributed by atoms with Crippen LogP contribution in [-0.2, 0) is 13.2 Å². The predicted molar refractivity (Wildman–Crippen MR) is 66.5 cm³/mol. The van der Waals surface area contributed by atoms with Gasteiger partial charge < -0.3 is 10.3 Å². The van der Waals surface area contributed by atoms with E-state index in [0.29, 0.717) is 11.3 Å². The first-order valence-electron chi connectivity index (χ1n) is 3.38. The van der Waals surface area contributed by atoms with Gasteiger partial charge in [-0.3, -0.25) is 4.21 Å². The van der Waals surface area contributed by atoms with Crippen molar-refractivity contribution in [3.05, 3.63) is 23.8 Å². The van der Waals surface area contributed by atoms with E-state index in [4.69, 9.17) is 5.73 Å². The molecule has 0 heterocycles. The van der Waals surface area contributed by atoms with Gasteiger partial charge in [-0.15, -0.1) is 0 Å². The Bertz CT molecular complexity index is 378. The standard InChI is InChI=1S/C7H6Br3NO2S/c8-7(9,10)5-3-4(14(12)13)1-2-6(5)11/h1-3H,11H2,(H,12,13)/p-1. The highest BCUT2D eigenvalue weighted by Gasteiger charge is 2.23. The molecule has 7 heteroatoms. The molecule has 0 aliphatic carbocycles. The second kappa shape index (κ2) is 4.61. The lowest BCUT2D eigenvalue weighted by Crippen LogP contribution is -2.04. The molecule has 0 bridgehead atoms. The average molecular weight is 407 g/mol. The summed E-state index contributed by atoms with van der Waals surface area (Å²) in [6.45, 7) is 0. The van der Waals surface area contributed by atoms with E-state index >= 15 is 0 Å². The van der Waals surface area contributed by atoms with Gasteiger partial charge in [-0.2, -0.15) is 0 Å². The largest absolute Gasteiger partial charge is 0.768 e. The van der Waals surface area contributed by atoms with Crippen LogP contribution in [0.3, 0.4) is 0 Å². The van der Waals surface area contributed by atoms with Crippen LogP contribution < -0.4 is 5.73 Å². The molecule has 1 atom stereocenters. The SMILES string of the molecule is Nc1ccc(S(=O)[O-])cc1C(Br)(Br)Br. The van der Waals surface area contributed by atoms with Crippen LogP contribution >= 0.6 is 47.8 Å². The maximum absolute atomic E-state index is 10.7. The zero-order valence-electron chi connectivity index (χ0n) is 6.67. The molecule has 1 aromatic rings. The van der Waals surface area contributed by atoms with Crippen molar-refractivity contribution in [1.29, 1.82) is 0 Å². The highest BCUT2D eigenvalue weighted by atomic mass is 80.0. The van der Waals surface area contributed by atoms with E-state index in [2.05, 4.69) is 47.8 Å². The Morgan fingerprint density at radius 3 is 2.36 bits per heavy atom. The molecule has 78 valence electrons. The van der Waals surface area contributed by atoms with Crippen LogP contribution in [0.4, 0.5) is 5.69 Å². The third kappa shape index (κ3) is 3.03. The predicted octanol–water partition coefficient (Wildman–Crippen LogP) is 2.80. The monoisotopic (exact) mass is 404 g/mol. The average Bonchev–Trinajstić information content (AvgIpc) is 2.02. The Morgan fingerprint density at radius 1 is 1.36 bits per heavy atom. The van der Waals surface area contributed by atoms with Gasteiger partial charge >= 0.3 is 0 Å². The van der Waals surface area contributed by atoms with Crippen molar-refractivity contribution in [3.8, 4) is 0 Å². The summed E-state index contributed by atoms with van der Waals surface area (Å²) in [4.78, 5) is 0.192. The number of alkyl halides is 3. The molecule has 1 rings (SSSR count). The van der Waals surface area contributed by atoms with E-state index in [9.17, 15) is 8.76 Å². The van der Waals surface area contributed by atoms with Crippen molar-refractivity contribution in [1.82, 2.24) is 0 Å². The van der Waals surface area contributed by atoms with E-state index in [0.717, 1.165) is 0 Å². The molecular weight excluding hydrogens is 402 g/mol. The van der Waals surface area contributed by atoms with Crippen molar-refractivity contribution in [2.75, 3.05) is 5.73 Å².